The second kappa shape index (κ2) is 8.52. The monoisotopic (exact) mass is 440 g/mol. The molecule has 3 aromatic rings. The first-order valence-electron chi connectivity index (χ1n) is 9.80. The zero-order valence-electron chi connectivity index (χ0n) is 16.9. The molecule has 0 saturated carbocycles. The number of nitrogens with zero attached hydrogens (tertiary/aromatic N) is 4. The second-order valence-corrected chi connectivity index (χ2v) is 9.19. The summed E-state index contributed by atoms with van der Waals surface area (Å²) in [5.74, 6) is 0.244. The second-order valence-electron chi connectivity index (χ2n) is 7.26. The fourth-order valence-corrected chi connectivity index (χ4v) is 4.86. The first kappa shape index (κ1) is 21.1. The third kappa shape index (κ3) is 4.47. The van der Waals surface area contributed by atoms with Gasteiger partial charge in [0.25, 0.3) is 0 Å². The van der Waals surface area contributed by atoms with Crippen LogP contribution in [-0.4, -0.2) is 54.9 Å². The van der Waals surface area contributed by atoms with Gasteiger partial charge < -0.3 is 4.90 Å². The third-order valence-electron chi connectivity index (χ3n) is 5.25. The maximum absolute atomic E-state index is 13.1. The number of carbonyl (C=O) groups is 1. The lowest BCUT2D eigenvalue weighted by Crippen LogP contribution is -2.49. The van der Waals surface area contributed by atoms with Gasteiger partial charge in [-0.2, -0.15) is 4.31 Å². The van der Waals surface area contributed by atoms with E-state index in [-0.39, 0.29) is 16.5 Å². The number of ketones is 1. The molecule has 0 spiro atoms. The summed E-state index contributed by atoms with van der Waals surface area (Å²) in [6.45, 7) is 3.04. The van der Waals surface area contributed by atoms with Crippen LogP contribution in [-0.2, 0) is 10.0 Å². The minimum atomic E-state index is -3.63. The Bertz CT molecular complexity index is 1170. The van der Waals surface area contributed by atoms with Crippen molar-refractivity contribution in [1.29, 1.82) is 0 Å². The lowest BCUT2D eigenvalue weighted by atomic mass is 10.1. The Hall–Kier alpha value is -3.17. The smallest absolute Gasteiger partial charge is 0.243 e. The Balaban J connectivity index is 1.42. The number of benzene rings is 2. The zero-order chi connectivity index (χ0) is 22.0. The van der Waals surface area contributed by atoms with Crippen LogP contribution < -0.4 is 4.90 Å². The predicted molar refractivity (Wildman–Crippen MR) is 115 cm³/mol. The van der Waals surface area contributed by atoms with Crippen molar-refractivity contribution in [3.8, 4) is 11.3 Å². The molecular formula is C22H21FN4O3S. The van der Waals surface area contributed by atoms with Crippen molar-refractivity contribution in [1.82, 2.24) is 14.5 Å². The normalized spacial score (nSPS) is 15.1. The standard InChI is InChI=1S/C22H21FN4O3S/c1-16(28)17-4-8-20(9-5-17)31(29,30)27-14-12-26(13-15-27)22-11-10-21(24-25-22)18-2-6-19(23)7-3-18/h2-11H,12-15H2,1H3. The van der Waals surface area contributed by atoms with Crippen LogP contribution in [0.25, 0.3) is 11.3 Å². The van der Waals surface area contributed by atoms with E-state index in [9.17, 15) is 17.6 Å². The van der Waals surface area contributed by atoms with Gasteiger partial charge in [0.1, 0.15) is 5.82 Å². The minimum absolute atomic E-state index is 0.107. The van der Waals surface area contributed by atoms with E-state index >= 15 is 0 Å². The van der Waals surface area contributed by atoms with E-state index in [0.717, 1.165) is 5.56 Å². The number of hydrogen-bond donors (Lipinski definition) is 0. The van der Waals surface area contributed by atoms with Gasteiger partial charge in [-0.3, -0.25) is 4.79 Å². The molecule has 4 rings (SSSR count). The molecule has 1 aliphatic heterocycles. The minimum Gasteiger partial charge on any atom is -0.352 e. The fraction of sp³-hybridized carbons (Fsp3) is 0.227. The van der Waals surface area contributed by atoms with Gasteiger partial charge in [0.05, 0.1) is 10.6 Å². The van der Waals surface area contributed by atoms with Crippen LogP contribution in [0, 0.1) is 5.82 Å². The summed E-state index contributed by atoms with van der Waals surface area (Å²) in [5, 5.41) is 8.47. The molecule has 7 nitrogen and oxygen atoms in total. The van der Waals surface area contributed by atoms with E-state index in [1.165, 1.54) is 47.6 Å². The fourth-order valence-electron chi connectivity index (χ4n) is 3.44. The highest BCUT2D eigenvalue weighted by Gasteiger charge is 2.29. The van der Waals surface area contributed by atoms with E-state index in [2.05, 4.69) is 10.2 Å². The number of anilines is 1. The lowest BCUT2D eigenvalue weighted by Gasteiger charge is -2.34. The number of aromatic nitrogens is 2. The van der Waals surface area contributed by atoms with E-state index in [1.807, 2.05) is 17.0 Å². The molecule has 1 aromatic heterocycles. The number of sulfonamides is 1. The van der Waals surface area contributed by atoms with Crippen LogP contribution in [0.2, 0.25) is 0 Å². The number of rotatable bonds is 5. The Morgan fingerprint density at radius 2 is 1.52 bits per heavy atom. The first-order chi connectivity index (χ1) is 14.8. The van der Waals surface area contributed by atoms with E-state index in [0.29, 0.717) is 43.3 Å². The van der Waals surface area contributed by atoms with Gasteiger partial charge >= 0.3 is 0 Å². The zero-order valence-corrected chi connectivity index (χ0v) is 17.7. The highest BCUT2D eigenvalue weighted by atomic mass is 32.2. The number of piperazine rings is 1. The molecule has 0 N–H and O–H groups in total. The molecule has 1 fully saturated rings. The Morgan fingerprint density at radius 3 is 2.06 bits per heavy atom. The summed E-state index contributed by atoms with van der Waals surface area (Å²) in [5.41, 5.74) is 1.89. The molecule has 0 aliphatic carbocycles. The molecule has 2 aromatic carbocycles. The number of Topliss-reactive ketones (excluding diaryl/α,β-unsaturated/α-hetero) is 1. The highest BCUT2D eigenvalue weighted by molar-refractivity contribution is 7.89. The van der Waals surface area contributed by atoms with Crippen molar-refractivity contribution < 1.29 is 17.6 Å². The van der Waals surface area contributed by atoms with Crippen LogP contribution in [0.1, 0.15) is 17.3 Å². The molecule has 0 atom stereocenters. The molecule has 2 heterocycles. The molecule has 0 bridgehead atoms. The summed E-state index contributed by atoms with van der Waals surface area (Å²) in [6.07, 6.45) is 0. The maximum Gasteiger partial charge on any atom is 0.243 e. The maximum atomic E-state index is 13.1. The van der Waals surface area contributed by atoms with E-state index in [1.54, 1.807) is 12.1 Å². The van der Waals surface area contributed by atoms with Gasteiger partial charge in [0, 0.05) is 37.3 Å². The summed E-state index contributed by atoms with van der Waals surface area (Å²) < 4.78 is 40.3. The SMILES string of the molecule is CC(=O)c1ccc(S(=O)(=O)N2CCN(c3ccc(-c4ccc(F)cc4)nn3)CC2)cc1. The van der Waals surface area contributed by atoms with Crippen molar-refractivity contribution in [2.45, 2.75) is 11.8 Å². The first-order valence-corrected chi connectivity index (χ1v) is 11.2. The van der Waals surface area contributed by atoms with Crippen molar-refractivity contribution in [2.24, 2.45) is 0 Å². The molecule has 1 aliphatic rings. The van der Waals surface area contributed by atoms with Crippen molar-refractivity contribution in [3.05, 3.63) is 72.0 Å². The Labute approximate surface area is 180 Å². The van der Waals surface area contributed by atoms with E-state index < -0.39 is 10.0 Å². The van der Waals surface area contributed by atoms with Crippen LogP contribution in [0.4, 0.5) is 10.2 Å². The summed E-state index contributed by atoms with van der Waals surface area (Å²) in [6, 6.07) is 15.7. The number of hydrogen-bond acceptors (Lipinski definition) is 6. The third-order valence-corrected chi connectivity index (χ3v) is 7.16. The molecular weight excluding hydrogens is 419 g/mol. The summed E-state index contributed by atoms with van der Waals surface area (Å²) in [4.78, 5) is 13.6. The molecule has 160 valence electrons. The van der Waals surface area contributed by atoms with Crippen LogP contribution in [0.15, 0.2) is 65.6 Å². The van der Waals surface area contributed by atoms with Crippen molar-refractivity contribution in [3.63, 3.8) is 0 Å². The van der Waals surface area contributed by atoms with E-state index in [4.69, 9.17) is 0 Å². The van der Waals surface area contributed by atoms with Gasteiger partial charge in [-0.15, -0.1) is 10.2 Å². The van der Waals surface area contributed by atoms with Crippen molar-refractivity contribution in [2.75, 3.05) is 31.1 Å². The molecule has 0 amide bonds. The molecule has 0 unspecified atom stereocenters. The van der Waals surface area contributed by atoms with Crippen LogP contribution in [0.3, 0.4) is 0 Å². The molecule has 9 heteroatoms. The summed E-state index contributed by atoms with van der Waals surface area (Å²) >= 11 is 0. The molecule has 31 heavy (non-hydrogen) atoms. The van der Waals surface area contributed by atoms with Gasteiger partial charge in [-0.25, -0.2) is 12.8 Å². The Morgan fingerprint density at radius 1 is 0.871 bits per heavy atom. The number of halogens is 1. The lowest BCUT2D eigenvalue weighted by molar-refractivity contribution is 0.101. The van der Waals surface area contributed by atoms with Crippen LogP contribution >= 0.6 is 0 Å². The largest absolute Gasteiger partial charge is 0.352 e. The van der Waals surface area contributed by atoms with Crippen molar-refractivity contribution >= 4 is 21.6 Å². The average Bonchev–Trinajstić information content (AvgIpc) is 2.80. The van der Waals surface area contributed by atoms with Gasteiger partial charge in [0.15, 0.2) is 11.6 Å². The molecule has 1 saturated heterocycles. The predicted octanol–water partition coefficient (Wildman–Crippen LogP) is 3.00. The quantitative estimate of drug-likeness (QED) is 0.567. The van der Waals surface area contributed by atoms with Gasteiger partial charge in [0.2, 0.25) is 10.0 Å². The topological polar surface area (TPSA) is 83.5 Å². The van der Waals surface area contributed by atoms with Gasteiger partial charge in [-0.1, -0.05) is 12.1 Å². The number of carbonyl (C=O) groups excluding carboxylic acids is 1. The Kier molecular flexibility index (Phi) is 5.79. The van der Waals surface area contributed by atoms with Crippen LogP contribution in [0.5, 0.6) is 0 Å². The summed E-state index contributed by atoms with van der Waals surface area (Å²) in [7, 11) is -3.63. The average molecular weight is 441 g/mol. The molecule has 0 radical (unpaired) electrons. The highest BCUT2D eigenvalue weighted by Crippen LogP contribution is 2.22. The van der Waals surface area contributed by atoms with Gasteiger partial charge in [-0.05, 0) is 55.5 Å².